The summed E-state index contributed by atoms with van der Waals surface area (Å²) in [7, 11) is 0. The molecule has 14 heavy (non-hydrogen) atoms. The van der Waals surface area contributed by atoms with E-state index < -0.39 is 12.0 Å². The Balaban J connectivity index is 2.89. The van der Waals surface area contributed by atoms with E-state index in [0.29, 0.717) is 12.1 Å². The van der Waals surface area contributed by atoms with Crippen LogP contribution in [0.3, 0.4) is 0 Å². The molecule has 1 rings (SSSR count). The van der Waals surface area contributed by atoms with Crippen molar-refractivity contribution in [3.63, 3.8) is 0 Å². The lowest BCUT2D eigenvalue weighted by Gasteiger charge is -2.09. The highest BCUT2D eigenvalue weighted by molar-refractivity contribution is 5.11. The molecule has 1 aromatic rings. The summed E-state index contributed by atoms with van der Waals surface area (Å²) in [6.07, 6.45) is -2.16. The van der Waals surface area contributed by atoms with Gasteiger partial charge in [0.25, 0.3) is 0 Å². The Morgan fingerprint density at radius 2 is 1.86 bits per heavy atom. The van der Waals surface area contributed by atoms with Gasteiger partial charge in [0.1, 0.15) is 0 Å². The Morgan fingerprint density at radius 1 is 1.36 bits per heavy atom. The Bertz CT molecular complexity index is 294. The number of rotatable bonds is 2. The summed E-state index contributed by atoms with van der Waals surface area (Å²) in [6.45, 7) is 2.15. The maximum Gasteiger partial charge on any atom is 0.451 e. The minimum atomic E-state index is -4.48. The number of nitrogens with two attached hydrogens (primary N) is 1. The van der Waals surface area contributed by atoms with E-state index in [1.807, 2.05) is 0 Å². The van der Waals surface area contributed by atoms with Crippen LogP contribution in [0.1, 0.15) is 24.2 Å². The van der Waals surface area contributed by atoms with Crippen LogP contribution < -0.4 is 5.73 Å². The molecule has 0 fully saturated rings. The smallest absolute Gasteiger partial charge is 0.330 e. The highest BCUT2D eigenvalue weighted by atomic mass is 19.4. The van der Waals surface area contributed by atoms with Crippen molar-refractivity contribution in [2.75, 3.05) is 6.54 Å². The molecule has 0 radical (unpaired) electrons. The number of halogens is 3. The molecule has 3 nitrogen and oxygen atoms in total. The van der Waals surface area contributed by atoms with Gasteiger partial charge >= 0.3 is 6.18 Å². The molecule has 0 aromatic carbocycles. The van der Waals surface area contributed by atoms with Crippen LogP contribution in [0.25, 0.3) is 0 Å². The molecule has 1 heterocycles. The third-order valence-electron chi connectivity index (χ3n) is 1.85. The van der Waals surface area contributed by atoms with E-state index in [0.717, 1.165) is 12.4 Å². The Kier molecular flexibility index (Phi) is 3.05. The first-order valence-electron chi connectivity index (χ1n) is 4.04. The van der Waals surface area contributed by atoms with Gasteiger partial charge in [-0.25, -0.2) is 9.97 Å². The lowest BCUT2D eigenvalue weighted by Crippen LogP contribution is -2.13. The summed E-state index contributed by atoms with van der Waals surface area (Å²) in [5.41, 5.74) is 5.96. The number of aromatic nitrogens is 2. The van der Waals surface area contributed by atoms with Gasteiger partial charge in [0, 0.05) is 12.4 Å². The number of hydrogen-bond acceptors (Lipinski definition) is 3. The van der Waals surface area contributed by atoms with Crippen molar-refractivity contribution in [2.24, 2.45) is 5.73 Å². The molecule has 0 saturated carbocycles. The van der Waals surface area contributed by atoms with E-state index in [1.165, 1.54) is 0 Å². The summed E-state index contributed by atoms with van der Waals surface area (Å²) in [5, 5.41) is 0. The standard InChI is InChI=1S/C8H10F3N3/c1-5(2-12)6-3-13-7(14-4-6)8(9,10)11/h3-5H,2,12H2,1H3. The van der Waals surface area contributed by atoms with Crippen LogP contribution >= 0.6 is 0 Å². The molecule has 0 saturated heterocycles. The fourth-order valence-electron chi connectivity index (χ4n) is 0.875. The fourth-order valence-corrected chi connectivity index (χ4v) is 0.875. The van der Waals surface area contributed by atoms with Crippen molar-refractivity contribution in [3.05, 3.63) is 23.8 Å². The second kappa shape index (κ2) is 3.91. The second-order valence-electron chi connectivity index (χ2n) is 2.97. The molecule has 0 bridgehead atoms. The van der Waals surface area contributed by atoms with Gasteiger partial charge in [0.2, 0.25) is 5.82 Å². The molecular weight excluding hydrogens is 195 g/mol. The van der Waals surface area contributed by atoms with E-state index >= 15 is 0 Å². The molecule has 1 atom stereocenters. The van der Waals surface area contributed by atoms with E-state index in [4.69, 9.17) is 5.73 Å². The van der Waals surface area contributed by atoms with Crippen LogP contribution in [0, 0.1) is 0 Å². The van der Waals surface area contributed by atoms with E-state index in [2.05, 4.69) is 9.97 Å². The summed E-state index contributed by atoms with van der Waals surface area (Å²) >= 11 is 0. The van der Waals surface area contributed by atoms with Crippen molar-refractivity contribution >= 4 is 0 Å². The number of alkyl halides is 3. The van der Waals surface area contributed by atoms with E-state index in [1.54, 1.807) is 6.92 Å². The summed E-state index contributed by atoms with van der Waals surface area (Å²) < 4.78 is 36.2. The van der Waals surface area contributed by atoms with Gasteiger partial charge in [-0.2, -0.15) is 13.2 Å². The zero-order chi connectivity index (χ0) is 10.8. The van der Waals surface area contributed by atoms with Gasteiger partial charge in [0.15, 0.2) is 0 Å². The van der Waals surface area contributed by atoms with Crippen LogP contribution in [0.2, 0.25) is 0 Å². The van der Waals surface area contributed by atoms with Crippen molar-refractivity contribution < 1.29 is 13.2 Å². The molecule has 0 spiro atoms. The van der Waals surface area contributed by atoms with Gasteiger partial charge in [-0.1, -0.05) is 6.92 Å². The molecule has 0 aliphatic heterocycles. The number of hydrogen-bond donors (Lipinski definition) is 1. The topological polar surface area (TPSA) is 51.8 Å². The highest BCUT2D eigenvalue weighted by Gasteiger charge is 2.34. The van der Waals surface area contributed by atoms with Crippen LogP contribution in [0.4, 0.5) is 13.2 Å². The monoisotopic (exact) mass is 205 g/mol. The van der Waals surface area contributed by atoms with Crippen molar-refractivity contribution in [1.29, 1.82) is 0 Å². The highest BCUT2D eigenvalue weighted by Crippen LogP contribution is 2.25. The third-order valence-corrected chi connectivity index (χ3v) is 1.85. The van der Waals surface area contributed by atoms with E-state index in [-0.39, 0.29) is 5.92 Å². The zero-order valence-electron chi connectivity index (χ0n) is 7.54. The van der Waals surface area contributed by atoms with Crippen molar-refractivity contribution in [1.82, 2.24) is 9.97 Å². The van der Waals surface area contributed by atoms with Gasteiger partial charge in [-0.15, -0.1) is 0 Å². The maximum atomic E-state index is 12.1. The van der Waals surface area contributed by atoms with E-state index in [9.17, 15) is 13.2 Å². The summed E-state index contributed by atoms with van der Waals surface area (Å²) in [5.74, 6) is -1.15. The van der Waals surface area contributed by atoms with Gasteiger partial charge < -0.3 is 5.73 Å². The average Bonchev–Trinajstić information content (AvgIpc) is 2.15. The first-order valence-corrected chi connectivity index (χ1v) is 4.04. The first kappa shape index (κ1) is 10.9. The molecule has 2 N–H and O–H groups in total. The molecule has 0 aliphatic carbocycles. The van der Waals surface area contributed by atoms with Crippen LogP contribution in [-0.4, -0.2) is 16.5 Å². The van der Waals surface area contributed by atoms with Crippen LogP contribution in [-0.2, 0) is 6.18 Å². The fraction of sp³-hybridized carbons (Fsp3) is 0.500. The summed E-state index contributed by atoms with van der Waals surface area (Å²) in [4.78, 5) is 6.45. The lowest BCUT2D eigenvalue weighted by molar-refractivity contribution is -0.145. The predicted molar refractivity (Wildman–Crippen MR) is 44.5 cm³/mol. The zero-order valence-corrected chi connectivity index (χ0v) is 7.54. The van der Waals surface area contributed by atoms with Gasteiger partial charge in [-0.3, -0.25) is 0 Å². The normalized spacial score (nSPS) is 14.1. The first-order chi connectivity index (χ1) is 6.45. The molecule has 0 amide bonds. The average molecular weight is 205 g/mol. The minimum absolute atomic E-state index is 0.0303. The largest absolute Gasteiger partial charge is 0.451 e. The molecule has 0 aliphatic rings. The Morgan fingerprint density at radius 3 is 2.21 bits per heavy atom. The summed E-state index contributed by atoms with van der Waals surface area (Å²) in [6, 6.07) is 0. The molecule has 78 valence electrons. The van der Waals surface area contributed by atoms with Crippen LogP contribution in [0.5, 0.6) is 0 Å². The number of nitrogens with zero attached hydrogens (tertiary/aromatic N) is 2. The predicted octanol–water partition coefficient (Wildman–Crippen LogP) is 1.56. The molecule has 1 unspecified atom stereocenters. The molecule has 1 aromatic heterocycles. The van der Waals surface area contributed by atoms with Crippen molar-refractivity contribution in [2.45, 2.75) is 19.0 Å². The van der Waals surface area contributed by atoms with Crippen LogP contribution in [0.15, 0.2) is 12.4 Å². The molecular formula is C8H10F3N3. The van der Waals surface area contributed by atoms with Crippen molar-refractivity contribution in [3.8, 4) is 0 Å². The third kappa shape index (κ3) is 2.41. The maximum absolute atomic E-state index is 12.1. The Hall–Kier alpha value is -1.17. The molecule has 6 heteroatoms. The van der Waals surface area contributed by atoms with Gasteiger partial charge in [0.05, 0.1) is 0 Å². The minimum Gasteiger partial charge on any atom is -0.330 e. The quantitative estimate of drug-likeness (QED) is 0.797. The lowest BCUT2D eigenvalue weighted by atomic mass is 10.1. The SMILES string of the molecule is CC(CN)c1cnc(C(F)(F)F)nc1. The Labute approximate surface area is 79.2 Å². The second-order valence-corrected chi connectivity index (χ2v) is 2.97. The van der Waals surface area contributed by atoms with Gasteiger partial charge in [-0.05, 0) is 18.0 Å².